The largest absolute Gasteiger partial charge is 0.490 e. The van der Waals surface area contributed by atoms with Gasteiger partial charge in [-0.1, -0.05) is 6.07 Å². The van der Waals surface area contributed by atoms with Crippen LogP contribution in [0.25, 0.3) is 0 Å². The number of sulfone groups is 1. The summed E-state index contributed by atoms with van der Waals surface area (Å²) in [6.45, 7) is 2.50. The van der Waals surface area contributed by atoms with Crippen LogP contribution in [0.15, 0.2) is 18.2 Å². The fourth-order valence-electron chi connectivity index (χ4n) is 3.26. The summed E-state index contributed by atoms with van der Waals surface area (Å²) in [5.41, 5.74) is 0.843. The van der Waals surface area contributed by atoms with Crippen molar-refractivity contribution >= 4 is 28.2 Å². The van der Waals surface area contributed by atoms with Crippen LogP contribution in [-0.4, -0.2) is 51.6 Å². The van der Waals surface area contributed by atoms with Gasteiger partial charge >= 0.3 is 0 Å². The number of halogens is 1. The highest BCUT2D eigenvalue weighted by Crippen LogP contribution is 2.31. The van der Waals surface area contributed by atoms with E-state index in [1.54, 1.807) is 0 Å². The van der Waals surface area contributed by atoms with Gasteiger partial charge in [-0.2, -0.15) is 0 Å². The second kappa shape index (κ2) is 8.45. The molecule has 7 nitrogen and oxygen atoms in total. The molecule has 0 spiro atoms. The summed E-state index contributed by atoms with van der Waals surface area (Å²) < 4.78 is 34.4. The van der Waals surface area contributed by atoms with E-state index in [0.717, 1.165) is 18.2 Å². The lowest BCUT2D eigenvalue weighted by Crippen LogP contribution is -2.57. The monoisotopic (exact) mass is 404 g/mol. The van der Waals surface area contributed by atoms with Crippen LogP contribution < -0.4 is 20.1 Å². The fraction of sp³-hybridized carbons (Fsp3) is 0.588. The van der Waals surface area contributed by atoms with Gasteiger partial charge in [-0.15, -0.1) is 12.4 Å². The van der Waals surface area contributed by atoms with Crippen LogP contribution in [0.5, 0.6) is 11.5 Å². The van der Waals surface area contributed by atoms with E-state index in [1.807, 2.05) is 18.2 Å². The molecule has 2 N–H and O–H groups in total. The van der Waals surface area contributed by atoms with Gasteiger partial charge in [-0.3, -0.25) is 4.79 Å². The summed E-state index contributed by atoms with van der Waals surface area (Å²) in [5, 5.41) is 5.90. The van der Waals surface area contributed by atoms with Gasteiger partial charge in [0.15, 0.2) is 26.1 Å². The Bertz CT molecular complexity index is 748. The second-order valence-electron chi connectivity index (χ2n) is 6.53. The molecule has 1 amide bonds. The zero-order chi connectivity index (χ0) is 17.9. The van der Waals surface area contributed by atoms with Crippen molar-refractivity contribution in [3.63, 3.8) is 0 Å². The van der Waals surface area contributed by atoms with Crippen molar-refractivity contribution in [1.29, 1.82) is 0 Å². The molecule has 0 atom stereocenters. The molecule has 0 aromatic heterocycles. The van der Waals surface area contributed by atoms with Crippen molar-refractivity contribution in [3.05, 3.63) is 23.8 Å². The molecule has 1 aromatic rings. The topological polar surface area (TPSA) is 93.7 Å². The van der Waals surface area contributed by atoms with E-state index in [1.165, 1.54) is 0 Å². The van der Waals surface area contributed by atoms with E-state index in [-0.39, 0.29) is 19.0 Å². The average Bonchev–Trinajstić information content (AvgIpc) is 2.84. The predicted molar refractivity (Wildman–Crippen MR) is 101 cm³/mol. The lowest BCUT2D eigenvalue weighted by molar-refractivity contribution is -0.124. The molecule has 2 heterocycles. The summed E-state index contributed by atoms with van der Waals surface area (Å²) in [6, 6.07) is 5.50. The number of rotatable bonds is 4. The summed E-state index contributed by atoms with van der Waals surface area (Å²) in [6.07, 6.45) is 2.55. The highest BCUT2D eigenvalue weighted by atomic mass is 35.5. The Labute approximate surface area is 160 Å². The number of fused-ring (bicyclic) bond motifs is 1. The van der Waals surface area contributed by atoms with Gasteiger partial charge in [0.05, 0.1) is 13.2 Å². The van der Waals surface area contributed by atoms with Gasteiger partial charge in [-0.25, -0.2) is 8.42 Å². The lowest BCUT2D eigenvalue weighted by Gasteiger charge is -2.34. The molecule has 146 valence electrons. The molecular weight excluding hydrogens is 380 g/mol. The van der Waals surface area contributed by atoms with Gasteiger partial charge in [0.1, 0.15) is 0 Å². The van der Waals surface area contributed by atoms with Crippen molar-refractivity contribution < 1.29 is 22.7 Å². The predicted octanol–water partition coefficient (Wildman–Crippen LogP) is 1.05. The molecule has 1 saturated heterocycles. The molecule has 2 aliphatic rings. The van der Waals surface area contributed by atoms with Crippen molar-refractivity contribution in [2.45, 2.75) is 30.6 Å². The molecule has 0 aliphatic carbocycles. The highest BCUT2D eigenvalue weighted by Gasteiger charge is 2.48. The first-order valence-corrected chi connectivity index (χ1v) is 10.4. The lowest BCUT2D eigenvalue weighted by atomic mass is 9.95. The van der Waals surface area contributed by atoms with Crippen molar-refractivity contribution in [2.24, 2.45) is 0 Å². The van der Waals surface area contributed by atoms with Gasteiger partial charge in [0, 0.05) is 19.2 Å². The molecule has 1 aromatic carbocycles. The minimum absolute atomic E-state index is 0. The summed E-state index contributed by atoms with van der Waals surface area (Å²) in [4.78, 5) is 12.7. The van der Waals surface area contributed by atoms with Gasteiger partial charge in [0.25, 0.3) is 0 Å². The number of hydrogen-bond donors (Lipinski definition) is 2. The zero-order valence-corrected chi connectivity index (χ0v) is 16.4. The fourth-order valence-corrected chi connectivity index (χ4v) is 4.61. The first-order chi connectivity index (χ1) is 11.9. The van der Waals surface area contributed by atoms with Crippen molar-refractivity contribution in [1.82, 2.24) is 10.6 Å². The summed E-state index contributed by atoms with van der Waals surface area (Å²) in [5.74, 6) is 0.922. The number of benzene rings is 1. The van der Waals surface area contributed by atoms with Crippen LogP contribution in [0.4, 0.5) is 0 Å². The Morgan fingerprint density at radius 2 is 1.85 bits per heavy atom. The second-order valence-corrected chi connectivity index (χ2v) is 8.86. The Morgan fingerprint density at radius 1 is 1.19 bits per heavy atom. The van der Waals surface area contributed by atoms with Crippen LogP contribution in [0.3, 0.4) is 0 Å². The van der Waals surface area contributed by atoms with Crippen molar-refractivity contribution in [3.8, 4) is 11.5 Å². The molecule has 1 fully saturated rings. The Morgan fingerprint density at radius 3 is 2.50 bits per heavy atom. The maximum atomic E-state index is 12.7. The molecule has 0 unspecified atom stereocenters. The van der Waals surface area contributed by atoms with Crippen LogP contribution in [-0.2, 0) is 21.2 Å². The molecule has 0 saturated carbocycles. The molecule has 9 heteroatoms. The van der Waals surface area contributed by atoms with E-state index in [2.05, 4.69) is 10.6 Å². The Kier molecular flexibility index (Phi) is 6.76. The van der Waals surface area contributed by atoms with E-state index in [0.29, 0.717) is 50.6 Å². The Balaban J connectivity index is 0.00000243. The molecule has 26 heavy (non-hydrogen) atoms. The minimum atomic E-state index is -3.51. The molecule has 3 rings (SSSR count). The molecule has 2 aliphatic heterocycles. The Hall–Kier alpha value is -1.51. The van der Waals surface area contributed by atoms with Crippen LogP contribution in [0.2, 0.25) is 0 Å². The third-order valence-electron chi connectivity index (χ3n) is 4.80. The van der Waals surface area contributed by atoms with Gasteiger partial charge in [-0.05, 0) is 43.6 Å². The first-order valence-electron chi connectivity index (χ1n) is 8.49. The number of amides is 1. The average molecular weight is 405 g/mol. The van der Waals surface area contributed by atoms with Gasteiger partial charge < -0.3 is 20.1 Å². The van der Waals surface area contributed by atoms with E-state index in [9.17, 15) is 13.2 Å². The number of piperidine rings is 1. The normalized spacial score (nSPS) is 19.0. The number of hydrogen-bond acceptors (Lipinski definition) is 6. The maximum absolute atomic E-state index is 12.7. The summed E-state index contributed by atoms with van der Waals surface area (Å²) >= 11 is 0. The van der Waals surface area contributed by atoms with E-state index < -0.39 is 20.5 Å². The standard InChI is InChI=1S/C17H24N2O5S.ClH/c1-25(21,22)17(5-7-18-8-6-17)16(20)19-12-13-3-4-14-15(11-13)24-10-2-9-23-14;/h3-4,11,18H,2,5-10,12H2,1H3,(H,19,20);1H. The van der Waals surface area contributed by atoms with Crippen molar-refractivity contribution in [2.75, 3.05) is 32.6 Å². The van der Waals surface area contributed by atoms with E-state index in [4.69, 9.17) is 9.47 Å². The van der Waals surface area contributed by atoms with Gasteiger partial charge in [0.2, 0.25) is 5.91 Å². The number of carbonyl (C=O) groups is 1. The van der Waals surface area contributed by atoms with E-state index >= 15 is 0 Å². The SMILES string of the molecule is CS(=O)(=O)C1(C(=O)NCc2ccc3c(c2)OCCCO3)CCNCC1.Cl. The number of ether oxygens (including phenoxy) is 2. The smallest absolute Gasteiger partial charge is 0.241 e. The first kappa shape index (κ1) is 20.8. The minimum Gasteiger partial charge on any atom is -0.490 e. The number of nitrogens with one attached hydrogen (secondary N) is 2. The maximum Gasteiger partial charge on any atom is 0.241 e. The number of carbonyl (C=O) groups excluding carboxylic acids is 1. The summed E-state index contributed by atoms with van der Waals surface area (Å²) in [7, 11) is -3.51. The van der Waals surface area contributed by atoms with Crippen LogP contribution in [0.1, 0.15) is 24.8 Å². The zero-order valence-electron chi connectivity index (χ0n) is 14.7. The third-order valence-corrected chi connectivity index (χ3v) is 6.81. The van der Waals surface area contributed by atoms with Crippen LogP contribution >= 0.6 is 12.4 Å². The molecular formula is C17H25ClN2O5S. The molecule has 0 bridgehead atoms. The third kappa shape index (κ3) is 4.24. The quantitative estimate of drug-likeness (QED) is 0.779. The van der Waals surface area contributed by atoms with Crippen LogP contribution in [0, 0.1) is 0 Å². The molecule has 0 radical (unpaired) electrons. The highest BCUT2D eigenvalue weighted by molar-refractivity contribution is 7.92.